The molecule has 0 spiro atoms. The molecule has 25 heavy (non-hydrogen) atoms. The highest BCUT2D eigenvalue weighted by Crippen LogP contribution is 2.20. The zero-order valence-corrected chi connectivity index (χ0v) is 15.6. The average molecular weight is 347 g/mol. The minimum atomic E-state index is -0.208. The van der Waals surface area contributed by atoms with E-state index in [1.807, 2.05) is 27.7 Å². The van der Waals surface area contributed by atoms with Crippen molar-refractivity contribution in [2.75, 3.05) is 25.0 Å². The van der Waals surface area contributed by atoms with Gasteiger partial charge in [-0.3, -0.25) is 4.79 Å². The highest BCUT2D eigenvalue weighted by molar-refractivity contribution is 5.89. The number of carbonyl (C=O) groups excluding carboxylic acids is 2. The summed E-state index contributed by atoms with van der Waals surface area (Å²) in [6.07, 6.45) is 5.81. The van der Waals surface area contributed by atoms with E-state index in [4.69, 9.17) is 0 Å². The van der Waals surface area contributed by atoms with Crippen molar-refractivity contribution >= 4 is 17.6 Å². The van der Waals surface area contributed by atoms with Crippen LogP contribution in [0, 0.1) is 5.92 Å². The smallest absolute Gasteiger partial charge is 0.321 e. The van der Waals surface area contributed by atoms with Gasteiger partial charge >= 0.3 is 6.03 Å². The van der Waals surface area contributed by atoms with Gasteiger partial charge in [0, 0.05) is 25.0 Å². The summed E-state index contributed by atoms with van der Waals surface area (Å²) in [6, 6.07) is -0.208. The number of likely N-dealkylation sites (tertiary alicyclic amines) is 1. The van der Waals surface area contributed by atoms with Crippen molar-refractivity contribution < 1.29 is 9.59 Å². The highest BCUT2D eigenvalue weighted by Gasteiger charge is 2.28. The molecule has 2 rings (SSSR count). The van der Waals surface area contributed by atoms with Crippen molar-refractivity contribution in [1.82, 2.24) is 20.2 Å². The number of rotatable bonds is 4. The first-order chi connectivity index (χ1) is 11.8. The number of anilines is 1. The zero-order valence-electron chi connectivity index (χ0n) is 15.6. The van der Waals surface area contributed by atoms with Gasteiger partial charge in [-0.05, 0) is 19.3 Å². The van der Waals surface area contributed by atoms with Crippen molar-refractivity contribution in [1.29, 1.82) is 0 Å². The molecule has 7 heteroatoms. The Hall–Kier alpha value is -2.18. The van der Waals surface area contributed by atoms with Crippen molar-refractivity contribution in [2.45, 2.75) is 52.4 Å². The Balaban J connectivity index is 1.92. The fourth-order valence-corrected chi connectivity index (χ4v) is 2.75. The maximum absolute atomic E-state index is 12.5. The maximum atomic E-state index is 12.5. The number of piperidine rings is 1. The van der Waals surface area contributed by atoms with E-state index in [-0.39, 0.29) is 23.3 Å². The molecule has 1 saturated heterocycles. The minimum absolute atomic E-state index is 0.0391. The van der Waals surface area contributed by atoms with Crippen LogP contribution in [0.1, 0.15) is 52.8 Å². The van der Waals surface area contributed by atoms with Crippen molar-refractivity contribution in [2.24, 2.45) is 5.92 Å². The number of aromatic nitrogens is 2. The van der Waals surface area contributed by atoms with Crippen LogP contribution >= 0.6 is 0 Å². The molecule has 0 bridgehead atoms. The van der Waals surface area contributed by atoms with E-state index in [2.05, 4.69) is 20.6 Å². The van der Waals surface area contributed by atoms with Crippen LogP contribution < -0.4 is 10.6 Å². The van der Waals surface area contributed by atoms with Crippen molar-refractivity contribution in [3.63, 3.8) is 0 Å². The molecule has 1 aromatic heterocycles. The van der Waals surface area contributed by atoms with E-state index < -0.39 is 0 Å². The maximum Gasteiger partial charge on any atom is 0.321 e. The van der Waals surface area contributed by atoms with Crippen LogP contribution in [0.25, 0.3) is 0 Å². The lowest BCUT2D eigenvalue weighted by atomic mass is 9.96. The fraction of sp³-hybridized carbons (Fsp3) is 0.667. The predicted octanol–water partition coefficient (Wildman–Crippen LogP) is 2.54. The van der Waals surface area contributed by atoms with Gasteiger partial charge in [0.1, 0.15) is 5.82 Å². The Morgan fingerprint density at radius 1 is 1.28 bits per heavy atom. The van der Waals surface area contributed by atoms with Crippen LogP contribution in [0.15, 0.2) is 12.4 Å². The minimum Gasteiger partial charge on any atom is -0.356 e. The lowest BCUT2D eigenvalue weighted by Crippen LogP contribution is -2.47. The molecule has 0 aliphatic carbocycles. The van der Waals surface area contributed by atoms with Crippen LogP contribution in [-0.2, 0) is 10.2 Å². The first-order valence-corrected chi connectivity index (χ1v) is 8.97. The van der Waals surface area contributed by atoms with Gasteiger partial charge in [-0.1, -0.05) is 27.7 Å². The first kappa shape index (κ1) is 19.1. The largest absolute Gasteiger partial charge is 0.356 e. The summed E-state index contributed by atoms with van der Waals surface area (Å²) in [6.45, 7) is 9.92. The fourth-order valence-electron chi connectivity index (χ4n) is 2.75. The summed E-state index contributed by atoms with van der Waals surface area (Å²) in [5.41, 5.74) is 0.435. The number of hydrogen-bond acceptors (Lipinski definition) is 4. The third-order valence-corrected chi connectivity index (χ3v) is 4.20. The zero-order chi connectivity index (χ0) is 18.4. The summed E-state index contributed by atoms with van der Waals surface area (Å²) in [5, 5.41) is 5.74. The topological polar surface area (TPSA) is 87.2 Å². The molecule has 7 nitrogen and oxygen atoms in total. The van der Waals surface area contributed by atoms with Crippen molar-refractivity contribution in [3.8, 4) is 0 Å². The molecule has 2 heterocycles. The molecular formula is C18H29N5O2. The van der Waals surface area contributed by atoms with Crippen LogP contribution in [0.2, 0.25) is 0 Å². The van der Waals surface area contributed by atoms with Crippen LogP contribution in [-0.4, -0.2) is 46.4 Å². The first-order valence-electron chi connectivity index (χ1n) is 8.97. The van der Waals surface area contributed by atoms with Crippen molar-refractivity contribution in [3.05, 3.63) is 18.2 Å². The molecule has 0 saturated carbocycles. The van der Waals surface area contributed by atoms with Gasteiger partial charge in [-0.2, -0.15) is 0 Å². The summed E-state index contributed by atoms with van der Waals surface area (Å²) in [5.74, 6) is 0.638. The third-order valence-electron chi connectivity index (χ3n) is 4.20. The van der Waals surface area contributed by atoms with Crippen LogP contribution in [0.5, 0.6) is 0 Å². The van der Waals surface area contributed by atoms with E-state index in [0.29, 0.717) is 25.3 Å². The molecule has 138 valence electrons. The molecule has 1 fully saturated rings. The number of amides is 3. The van der Waals surface area contributed by atoms with Crippen LogP contribution in [0.4, 0.5) is 10.5 Å². The van der Waals surface area contributed by atoms with Gasteiger partial charge in [0.15, 0.2) is 0 Å². The van der Waals surface area contributed by atoms with E-state index in [9.17, 15) is 9.59 Å². The van der Waals surface area contributed by atoms with Gasteiger partial charge in [0.05, 0.1) is 24.0 Å². The quantitative estimate of drug-likeness (QED) is 0.876. The molecule has 0 aromatic carbocycles. The Kier molecular flexibility index (Phi) is 6.33. The molecule has 2 N–H and O–H groups in total. The normalized spacial score (nSPS) is 17.9. The van der Waals surface area contributed by atoms with Gasteiger partial charge in [0.25, 0.3) is 0 Å². The monoisotopic (exact) mass is 347 g/mol. The highest BCUT2D eigenvalue weighted by atomic mass is 16.2. The Bertz CT molecular complexity index is 594. The molecule has 1 aliphatic rings. The number of hydrogen-bond donors (Lipinski definition) is 2. The molecule has 1 unspecified atom stereocenters. The lowest BCUT2D eigenvalue weighted by molar-refractivity contribution is -0.126. The Labute approximate surface area is 149 Å². The average Bonchev–Trinajstić information content (AvgIpc) is 2.59. The van der Waals surface area contributed by atoms with E-state index in [1.54, 1.807) is 17.3 Å². The predicted molar refractivity (Wildman–Crippen MR) is 97.3 cm³/mol. The lowest BCUT2D eigenvalue weighted by Gasteiger charge is -2.32. The van der Waals surface area contributed by atoms with E-state index in [0.717, 1.165) is 25.1 Å². The van der Waals surface area contributed by atoms with Gasteiger partial charge < -0.3 is 15.5 Å². The second-order valence-electron chi connectivity index (χ2n) is 7.55. The summed E-state index contributed by atoms with van der Waals surface area (Å²) >= 11 is 0. The summed E-state index contributed by atoms with van der Waals surface area (Å²) in [4.78, 5) is 34.9. The van der Waals surface area contributed by atoms with Gasteiger partial charge in [-0.15, -0.1) is 0 Å². The molecule has 1 aromatic rings. The van der Waals surface area contributed by atoms with E-state index in [1.165, 1.54) is 0 Å². The molecular weight excluding hydrogens is 318 g/mol. The number of carbonyl (C=O) groups is 2. The second kappa shape index (κ2) is 8.27. The molecule has 0 radical (unpaired) electrons. The number of nitrogens with zero attached hydrogens (tertiary/aromatic N) is 3. The van der Waals surface area contributed by atoms with Crippen LogP contribution in [0.3, 0.4) is 0 Å². The molecule has 1 aliphatic heterocycles. The SMILES string of the molecule is CCCNC(=O)C1CCCN(C(=O)Nc2cnc(C(C)(C)C)nc2)C1. The van der Waals surface area contributed by atoms with E-state index >= 15 is 0 Å². The molecule has 3 amide bonds. The number of nitrogens with one attached hydrogen (secondary N) is 2. The molecule has 1 atom stereocenters. The second-order valence-corrected chi connectivity index (χ2v) is 7.55. The Morgan fingerprint density at radius 3 is 2.56 bits per heavy atom. The van der Waals surface area contributed by atoms with Gasteiger partial charge in [0.2, 0.25) is 5.91 Å². The third kappa shape index (κ3) is 5.41. The standard InChI is InChI=1S/C18H29N5O2/c1-5-8-19-15(24)13-7-6-9-23(12-13)17(25)22-14-10-20-16(21-11-14)18(2,3)4/h10-11,13H,5-9,12H2,1-4H3,(H,19,24)(H,22,25). The summed E-state index contributed by atoms with van der Waals surface area (Å²) < 4.78 is 0. The number of urea groups is 1. The summed E-state index contributed by atoms with van der Waals surface area (Å²) in [7, 11) is 0. The Morgan fingerprint density at radius 2 is 1.96 bits per heavy atom. The van der Waals surface area contributed by atoms with Gasteiger partial charge in [-0.25, -0.2) is 14.8 Å².